The third-order valence-electron chi connectivity index (χ3n) is 7.50. The largest absolute Gasteiger partial charge is 0.330 e. The second-order valence-corrected chi connectivity index (χ2v) is 12.2. The van der Waals surface area contributed by atoms with E-state index in [9.17, 15) is 13.2 Å². The maximum absolute atomic E-state index is 14.0. The van der Waals surface area contributed by atoms with Gasteiger partial charge in [0.05, 0.1) is 28.7 Å². The molecule has 1 amide bonds. The van der Waals surface area contributed by atoms with Crippen LogP contribution in [0.1, 0.15) is 83.5 Å². The topological polar surface area (TPSA) is 87.9 Å². The lowest BCUT2D eigenvalue weighted by Gasteiger charge is -2.35. The van der Waals surface area contributed by atoms with E-state index < -0.39 is 10.0 Å². The lowest BCUT2D eigenvalue weighted by Crippen LogP contribution is -2.39. The molecule has 35 heavy (non-hydrogen) atoms. The van der Waals surface area contributed by atoms with Crippen LogP contribution in [0.4, 0.5) is 5.69 Å². The summed E-state index contributed by atoms with van der Waals surface area (Å²) in [5.41, 5.74) is 5.75. The molecule has 3 fully saturated rings. The number of hydrogen-bond acceptors (Lipinski definition) is 5. The van der Waals surface area contributed by atoms with Crippen molar-refractivity contribution in [1.29, 1.82) is 0 Å². The molecule has 0 unspecified atom stereocenters. The summed E-state index contributed by atoms with van der Waals surface area (Å²) in [6.07, 6.45) is 5.73. The minimum absolute atomic E-state index is 0.122. The average Bonchev–Trinajstić information content (AvgIpc) is 3.50. The first kappa shape index (κ1) is 22.5. The Hall–Kier alpha value is -2.94. The standard InChI is InChI=1S/C26H31N5O3S/c1-17-7-10-23(30-12-5-13-35(30,33)34)20(14-17)26(32)29-11-4-3-6-24(29)22-16-25-27-21(19-8-9-19)15-18(2)31(25)28-22/h7,10,14-16,19,24H,3-6,8-9,11-13H2,1-2H3/t24-/m0/s1. The zero-order valence-corrected chi connectivity index (χ0v) is 21.1. The Labute approximate surface area is 206 Å². The molecule has 0 radical (unpaired) electrons. The number of sulfonamides is 1. The Morgan fingerprint density at radius 2 is 1.80 bits per heavy atom. The van der Waals surface area contributed by atoms with Crippen molar-refractivity contribution < 1.29 is 13.2 Å². The van der Waals surface area contributed by atoms with E-state index in [0.717, 1.165) is 47.6 Å². The first-order chi connectivity index (χ1) is 16.8. The molecule has 0 bridgehead atoms. The van der Waals surface area contributed by atoms with Gasteiger partial charge < -0.3 is 4.90 Å². The van der Waals surface area contributed by atoms with E-state index in [1.54, 1.807) is 6.07 Å². The Bertz CT molecular complexity index is 1430. The first-order valence-electron chi connectivity index (χ1n) is 12.6. The van der Waals surface area contributed by atoms with Gasteiger partial charge in [0, 0.05) is 36.5 Å². The maximum Gasteiger partial charge on any atom is 0.256 e. The number of carbonyl (C=O) groups is 1. The number of aryl methyl sites for hydroxylation is 2. The summed E-state index contributed by atoms with van der Waals surface area (Å²) in [6.45, 7) is 5.02. The number of anilines is 1. The average molecular weight is 494 g/mol. The number of piperidine rings is 1. The Morgan fingerprint density at radius 3 is 2.54 bits per heavy atom. The van der Waals surface area contributed by atoms with Crippen LogP contribution < -0.4 is 4.31 Å². The van der Waals surface area contributed by atoms with Crippen molar-refractivity contribution in [3.8, 4) is 0 Å². The lowest BCUT2D eigenvalue weighted by molar-refractivity contribution is 0.0606. The molecule has 0 N–H and O–H groups in total. The zero-order chi connectivity index (χ0) is 24.3. The Kier molecular flexibility index (Phi) is 5.36. The molecule has 1 aliphatic carbocycles. The fourth-order valence-corrected chi connectivity index (χ4v) is 7.09. The van der Waals surface area contributed by atoms with Gasteiger partial charge in [-0.25, -0.2) is 17.9 Å². The summed E-state index contributed by atoms with van der Waals surface area (Å²) < 4.78 is 28.6. The van der Waals surface area contributed by atoms with Gasteiger partial charge in [-0.3, -0.25) is 9.10 Å². The number of rotatable bonds is 4. The van der Waals surface area contributed by atoms with Gasteiger partial charge in [-0.2, -0.15) is 5.10 Å². The highest BCUT2D eigenvalue weighted by atomic mass is 32.2. The van der Waals surface area contributed by atoms with E-state index in [4.69, 9.17) is 10.1 Å². The molecule has 2 aliphatic heterocycles. The highest BCUT2D eigenvalue weighted by Crippen LogP contribution is 2.40. The maximum atomic E-state index is 14.0. The molecule has 1 saturated carbocycles. The van der Waals surface area contributed by atoms with Crippen LogP contribution in [0.5, 0.6) is 0 Å². The van der Waals surface area contributed by atoms with E-state index in [1.807, 2.05) is 34.5 Å². The molecule has 2 aromatic heterocycles. The second-order valence-electron chi connectivity index (χ2n) is 10.2. The summed E-state index contributed by atoms with van der Waals surface area (Å²) in [4.78, 5) is 20.8. The number of amides is 1. The van der Waals surface area contributed by atoms with Crippen molar-refractivity contribution >= 4 is 27.3 Å². The molecule has 3 aliphatic rings. The molecule has 3 aromatic rings. The van der Waals surface area contributed by atoms with Crippen LogP contribution >= 0.6 is 0 Å². The normalized spacial score (nSPS) is 22.2. The molecule has 2 saturated heterocycles. The number of fused-ring (bicyclic) bond motifs is 1. The predicted molar refractivity (Wildman–Crippen MR) is 134 cm³/mol. The lowest BCUT2D eigenvalue weighted by atomic mass is 9.97. The van der Waals surface area contributed by atoms with Gasteiger partial charge in [0.2, 0.25) is 10.0 Å². The van der Waals surface area contributed by atoms with E-state index >= 15 is 0 Å². The molecule has 1 atom stereocenters. The third kappa shape index (κ3) is 3.99. The first-order valence-corrected chi connectivity index (χ1v) is 14.2. The van der Waals surface area contributed by atoms with Gasteiger partial charge in [0.15, 0.2) is 5.65 Å². The van der Waals surface area contributed by atoms with Crippen molar-refractivity contribution in [3.05, 3.63) is 58.5 Å². The highest BCUT2D eigenvalue weighted by molar-refractivity contribution is 7.93. The van der Waals surface area contributed by atoms with Crippen molar-refractivity contribution in [1.82, 2.24) is 19.5 Å². The zero-order valence-electron chi connectivity index (χ0n) is 20.3. The van der Waals surface area contributed by atoms with Gasteiger partial charge in [-0.05, 0) is 70.6 Å². The van der Waals surface area contributed by atoms with E-state index in [-0.39, 0.29) is 17.7 Å². The number of aromatic nitrogens is 3. The number of benzene rings is 1. The third-order valence-corrected chi connectivity index (χ3v) is 9.35. The van der Waals surface area contributed by atoms with Crippen LogP contribution in [0.15, 0.2) is 30.3 Å². The predicted octanol–water partition coefficient (Wildman–Crippen LogP) is 4.13. The summed E-state index contributed by atoms with van der Waals surface area (Å²) in [5.74, 6) is 0.555. The van der Waals surface area contributed by atoms with Crippen molar-refractivity contribution in [2.45, 2.75) is 64.3 Å². The molecular weight excluding hydrogens is 462 g/mol. The molecule has 8 nitrogen and oxygen atoms in total. The summed E-state index contributed by atoms with van der Waals surface area (Å²) >= 11 is 0. The number of hydrogen-bond donors (Lipinski definition) is 0. The van der Waals surface area contributed by atoms with Crippen LogP contribution in [0.25, 0.3) is 5.65 Å². The molecule has 6 rings (SSSR count). The summed E-state index contributed by atoms with van der Waals surface area (Å²) in [7, 11) is -3.39. The van der Waals surface area contributed by atoms with Crippen molar-refractivity contribution in [3.63, 3.8) is 0 Å². The van der Waals surface area contributed by atoms with Gasteiger partial charge in [0.1, 0.15) is 0 Å². The van der Waals surface area contributed by atoms with Crippen molar-refractivity contribution in [2.75, 3.05) is 23.1 Å². The molecule has 0 spiro atoms. The van der Waals surface area contributed by atoms with Crippen LogP contribution in [0.2, 0.25) is 0 Å². The van der Waals surface area contributed by atoms with E-state index in [1.165, 1.54) is 17.1 Å². The molecule has 1 aromatic carbocycles. The highest BCUT2D eigenvalue weighted by Gasteiger charge is 2.36. The van der Waals surface area contributed by atoms with Gasteiger partial charge in [-0.1, -0.05) is 11.6 Å². The SMILES string of the molecule is Cc1ccc(N2CCCS2(=O)=O)c(C(=O)N2CCCC[C@H]2c2cc3nc(C4CC4)cc(C)n3n2)c1. The minimum atomic E-state index is -3.39. The molecule has 9 heteroatoms. The Morgan fingerprint density at radius 1 is 0.971 bits per heavy atom. The van der Waals surface area contributed by atoms with Crippen LogP contribution in [0.3, 0.4) is 0 Å². The van der Waals surface area contributed by atoms with Crippen LogP contribution in [-0.4, -0.2) is 52.7 Å². The minimum Gasteiger partial charge on any atom is -0.330 e. The van der Waals surface area contributed by atoms with Crippen LogP contribution in [0, 0.1) is 13.8 Å². The van der Waals surface area contributed by atoms with Crippen LogP contribution in [-0.2, 0) is 10.0 Å². The number of nitrogens with zero attached hydrogens (tertiary/aromatic N) is 5. The van der Waals surface area contributed by atoms with Gasteiger partial charge >= 0.3 is 0 Å². The Balaban J connectivity index is 1.38. The summed E-state index contributed by atoms with van der Waals surface area (Å²) in [5, 5.41) is 4.88. The molecular formula is C26H31N5O3S. The van der Waals surface area contributed by atoms with Gasteiger partial charge in [-0.15, -0.1) is 0 Å². The monoisotopic (exact) mass is 493 g/mol. The van der Waals surface area contributed by atoms with E-state index in [0.29, 0.717) is 36.7 Å². The van der Waals surface area contributed by atoms with Crippen molar-refractivity contribution in [2.24, 2.45) is 0 Å². The van der Waals surface area contributed by atoms with Gasteiger partial charge in [0.25, 0.3) is 5.91 Å². The number of carbonyl (C=O) groups excluding carboxylic acids is 1. The second kappa shape index (κ2) is 8.33. The fraction of sp³-hybridized carbons (Fsp3) is 0.500. The number of likely N-dealkylation sites (tertiary alicyclic amines) is 1. The smallest absolute Gasteiger partial charge is 0.256 e. The molecule has 184 valence electrons. The summed E-state index contributed by atoms with van der Waals surface area (Å²) in [6, 6.07) is 9.47. The van der Waals surface area contributed by atoms with E-state index in [2.05, 4.69) is 13.0 Å². The fourth-order valence-electron chi connectivity index (χ4n) is 5.50. The quantitative estimate of drug-likeness (QED) is 0.545. The molecule has 4 heterocycles.